The van der Waals surface area contributed by atoms with Crippen LogP contribution >= 0.6 is 11.6 Å². The normalized spacial score (nSPS) is 20.3. The smallest absolute Gasteiger partial charge is 0.282 e. The molecule has 1 spiro atoms. The van der Waals surface area contributed by atoms with Gasteiger partial charge in [0.2, 0.25) is 0 Å². The average molecular weight is 435 g/mol. The van der Waals surface area contributed by atoms with Crippen molar-refractivity contribution in [2.24, 2.45) is 0 Å². The zero-order valence-corrected chi connectivity index (χ0v) is 18.7. The Morgan fingerprint density at radius 3 is 2.55 bits per heavy atom. The van der Waals surface area contributed by atoms with Gasteiger partial charge in [0, 0.05) is 31.9 Å². The number of benzene rings is 2. The second-order valence-electron chi connectivity index (χ2n) is 9.34. The zero-order chi connectivity index (χ0) is 21.2. The molecule has 1 saturated heterocycles. The van der Waals surface area contributed by atoms with Crippen LogP contribution in [-0.2, 0) is 5.41 Å². The summed E-state index contributed by atoms with van der Waals surface area (Å²) >= 11 is 6.47. The highest BCUT2D eigenvalue weighted by molar-refractivity contribution is 6.35. The first-order valence-corrected chi connectivity index (χ1v) is 11.8. The first kappa shape index (κ1) is 19.3. The topological polar surface area (TPSA) is 41.4 Å². The van der Waals surface area contributed by atoms with Gasteiger partial charge in [0.05, 0.1) is 27.0 Å². The summed E-state index contributed by atoms with van der Waals surface area (Å²) in [4.78, 5) is 22.6. The quantitative estimate of drug-likeness (QED) is 0.570. The van der Waals surface area contributed by atoms with Crippen molar-refractivity contribution in [2.75, 3.05) is 38.1 Å². The summed E-state index contributed by atoms with van der Waals surface area (Å²) in [7, 11) is 2.18. The number of hydrogen-bond donors (Lipinski definition) is 0. The molecule has 2 fully saturated rings. The standard InChI is InChI=1S/C25H27ClN4O/c1-28-12-14-29(15-13-28)17-8-9-18-21(16-17)30-20-7-5-6-19(26)22(20)23(31)27-24(30)25(18)10-3-2-4-11-25/h5-9,16H,2-4,10-15H2,1H3. The fourth-order valence-corrected chi connectivity index (χ4v) is 6.18. The third-order valence-electron chi connectivity index (χ3n) is 7.61. The number of hydrogen-bond acceptors (Lipinski definition) is 4. The Labute approximate surface area is 187 Å². The minimum Gasteiger partial charge on any atom is -0.369 e. The summed E-state index contributed by atoms with van der Waals surface area (Å²) in [6.07, 6.45) is 5.69. The Balaban J connectivity index is 1.61. The van der Waals surface area contributed by atoms with E-state index in [9.17, 15) is 4.79 Å². The van der Waals surface area contributed by atoms with E-state index in [-0.39, 0.29) is 11.0 Å². The molecule has 3 aromatic rings. The number of halogens is 1. The van der Waals surface area contributed by atoms with Gasteiger partial charge in [0.15, 0.2) is 0 Å². The van der Waals surface area contributed by atoms with Crippen molar-refractivity contribution >= 4 is 28.2 Å². The predicted molar refractivity (Wildman–Crippen MR) is 126 cm³/mol. The second-order valence-corrected chi connectivity index (χ2v) is 9.75. The number of piperazine rings is 1. The molecule has 0 atom stereocenters. The van der Waals surface area contributed by atoms with E-state index >= 15 is 0 Å². The lowest BCUT2D eigenvalue weighted by Crippen LogP contribution is -2.44. The molecule has 2 aliphatic heterocycles. The summed E-state index contributed by atoms with van der Waals surface area (Å²) in [5.41, 5.74) is 4.26. The molecule has 0 radical (unpaired) electrons. The van der Waals surface area contributed by atoms with Gasteiger partial charge >= 0.3 is 0 Å². The van der Waals surface area contributed by atoms with Crippen LogP contribution in [0.3, 0.4) is 0 Å². The second kappa shape index (κ2) is 7.07. The van der Waals surface area contributed by atoms with E-state index in [4.69, 9.17) is 11.6 Å². The Bertz CT molecular complexity index is 1240. The van der Waals surface area contributed by atoms with E-state index in [1.807, 2.05) is 12.1 Å². The first-order chi connectivity index (χ1) is 15.1. The summed E-state index contributed by atoms with van der Waals surface area (Å²) in [5.74, 6) is 0.914. The van der Waals surface area contributed by atoms with Gasteiger partial charge in [-0.15, -0.1) is 0 Å². The van der Waals surface area contributed by atoms with Crippen LogP contribution in [0.15, 0.2) is 41.2 Å². The van der Waals surface area contributed by atoms with Crippen molar-refractivity contribution in [2.45, 2.75) is 37.5 Å². The number of nitrogens with zero attached hydrogens (tertiary/aromatic N) is 4. The number of likely N-dealkylation sites (N-methyl/N-ethyl adjacent to an activating group) is 1. The van der Waals surface area contributed by atoms with Crippen molar-refractivity contribution in [3.63, 3.8) is 0 Å². The van der Waals surface area contributed by atoms with Gasteiger partial charge in [-0.1, -0.05) is 43.0 Å². The molecule has 1 aliphatic carbocycles. The van der Waals surface area contributed by atoms with Gasteiger partial charge < -0.3 is 9.80 Å². The molecule has 0 N–H and O–H groups in total. The number of anilines is 1. The third-order valence-corrected chi connectivity index (χ3v) is 7.92. The maximum atomic E-state index is 13.1. The maximum absolute atomic E-state index is 13.1. The van der Waals surface area contributed by atoms with Crippen molar-refractivity contribution in [1.29, 1.82) is 0 Å². The van der Waals surface area contributed by atoms with Crippen molar-refractivity contribution in [1.82, 2.24) is 14.5 Å². The van der Waals surface area contributed by atoms with Crippen LogP contribution < -0.4 is 10.5 Å². The highest BCUT2D eigenvalue weighted by atomic mass is 35.5. The van der Waals surface area contributed by atoms with Crippen molar-refractivity contribution in [3.8, 4) is 5.69 Å². The van der Waals surface area contributed by atoms with E-state index in [2.05, 4.69) is 44.6 Å². The molecule has 5 nitrogen and oxygen atoms in total. The van der Waals surface area contributed by atoms with E-state index < -0.39 is 0 Å². The lowest BCUT2D eigenvalue weighted by atomic mass is 9.70. The summed E-state index contributed by atoms with van der Waals surface area (Å²) in [5, 5.41) is 1.00. The Morgan fingerprint density at radius 2 is 1.77 bits per heavy atom. The van der Waals surface area contributed by atoms with Crippen LogP contribution in [0, 0.1) is 0 Å². The molecule has 31 heavy (non-hydrogen) atoms. The summed E-state index contributed by atoms with van der Waals surface area (Å²) in [6, 6.07) is 12.6. The lowest BCUT2D eigenvalue weighted by Gasteiger charge is -2.35. The molecule has 1 saturated carbocycles. The molecule has 1 aromatic heterocycles. The largest absolute Gasteiger partial charge is 0.369 e. The molecule has 2 aromatic carbocycles. The lowest BCUT2D eigenvalue weighted by molar-refractivity contribution is 0.313. The monoisotopic (exact) mass is 434 g/mol. The molecular formula is C25H27ClN4O. The molecule has 0 amide bonds. The van der Waals surface area contributed by atoms with E-state index in [1.165, 1.54) is 36.2 Å². The van der Waals surface area contributed by atoms with Crippen LogP contribution in [0.2, 0.25) is 5.02 Å². The fraction of sp³-hybridized carbons (Fsp3) is 0.440. The molecule has 6 heteroatoms. The summed E-state index contributed by atoms with van der Waals surface area (Å²) < 4.78 is 2.24. The Hall–Kier alpha value is -2.37. The maximum Gasteiger partial charge on any atom is 0.282 e. The van der Waals surface area contributed by atoms with E-state index in [0.29, 0.717) is 10.4 Å². The molecule has 0 bridgehead atoms. The first-order valence-electron chi connectivity index (χ1n) is 11.4. The van der Waals surface area contributed by atoms with Crippen molar-refractivity contribution < 1.29 is 0 Å². The molecule has 3 aliphatic rings. The fourth-order valence-electron chi connectivity index (χ4n) is 5.93. The zero-order valence-electron chi connectivity index (χ0n) is 17.9. The molecular weight excluding hydrogens is 408 g/mol. The number of aromatic nitrogens is 2. The van der Waals surface area contributed by atoms with Gasteiger partial charge in [0.25, 0.3) is 5.56 Å². The Morgan fingerprint density at radius 1 is 1.00 bits per heavy atom. The van der Waals surface area contributed by atoms with Gasteiger partial charge in [-0.2, -0.15) is 4.98 Å². The van der Waals surface area contributed by atoms with Crippen LogP contribution in [0.1, 0.15) is 43.5 Å². The third kappa shape index (κ3) is 2.79. The highest BCUT2D eigenvalue weighted by Gasteiger charge is 2.46. The van der Waals surface area contributed by atoms with Gasteiger partial charge in [-0.25, -0.2) is 0 Å². The molecule has 3 heterocycles. The number of rotatable bonds is 1. The SMILES string of the molecule is CN1CCN(c2ccc3c(c2)-n2c(nc(=O)c4c(Cl)cccc42)C32CCCCC2)CC1. The van der Waals surface area contributed by atoms with E-state index in [0.717, 1.165) is 50.4 Å². The van der Waals surface area contributed by atoms with Crippen LogP contribution in [0.4, 0.5) is 5.69 Å². The predicted octanol–water partition coefficient (Wildman–Crippen LogP) is 4.35. The minimum atomic E-state index is -0.205. The van der Waals surface area contributed by atoms with Gasteiger partial charge in [-0.05, 0) is 49.7 Å². The molecule has 0 unspecified atom stereocenters. The number of fused-ring (bicyclic) bond motifs is 7. The average Bonchev–Trinajstić information content (AvgIpc) is 3.04. The summed E-state index contributed by atoms with van der Waals surface area (Å²) in [6.45, 7) is 4.21. The molecule has 6 rings (SSSR count). The highest BCUT2D eigenvalue weighted by Crippen LogP contribution is 2.52. The minimum absolute atomic E-state index is 0.163. The van der Waals surface area contributed by atoms with Crippen molar-refractivity contribution in [3.05, 3.63) is 63.2 Å². The van der Waals surface area contributed by atoms with Crippen LogP contribution in [-0.4, -0.2) is 47.7 Å². The van der Waals surface area contributed by atoms with Crippen LogP contribution in [0.25, 0.3) is 16.6 Å². The molecule has 160 valence electrons. The van der Waals surface area contributed by atoms with E-state index in [1.54, 1.807) is 6.07 Å². The Kier molecular flexibility index (Phi) is 4.41. The van der Waals surface area contributed by atoms with Gasteiger partial charge in [0.1, 0.15) is 5.82 Å². The van der Waals surface area contributed by atoms with Gasteiger partial charge in [-0.3, -0.25) is 9.36 Å². The van der Waals surface area contributed by atoms with Crippen LogP contribution in [0.5, 0.6) is 0 Å².